The Kier molecular flexibility index (Phi) is 8.83. The van der Waals surface area contributed by atoms with Crippen LogP contribution in [0.2, 0.25) is 0 Å². The standard InChI is InChI=1S/C27H38N4O5/c1-2-36-26(34)22-10-8-20(9-11-22)18-28-27(35)29-14-12-23(13-15-29)31-17-16-30(24(32)25(31)33)19-21-6-4-3-5-7-21/h3-7,20,22-23H,2,8-19H2,1H3,(H,28,35). The molecule has 4 rings (SSSR count). The summed E-state index contributed by atoms with van der Waals surface area (Å²) >= 11 is 0. The van der Waals surface area contributed by atoms with Crippen LogP contribution in [0.25, 0.3) is 0 Å². The van der Waals surface area contributed by atoms with Crippen molar-refractivity contribution in [1.82, 2.24) is 20.0 Å². The smallest absolute Gasteiger partial charge is 0.317 e. The van der Waals surface area contributed by atoms with Gasteiger partial charge in [0.25, 0.3) is 0 Å². The summed E-state index contributed by atoms with van der Waals surface area (Å²) < 4.78 is 5.13. The van der Waals surface area contributed by atoms with E-state index in [-0.39, 0.29) is 24.0 Å². The fourth-order valence-electron chi connectivity index (χ4n) is 5.58. The number of nitrogens with zero attached hydrogens (tertiary/aromatic N) is 3. The van der Waals surface area contributed by atoms with Crippen molar-refractivity contribution >= 4 is 23.8 Å². The molecule has 0 unspecified atom stereocenters. The Morgan fingerprint density at radius 1 is 0.917 bits per heavy atom. The van der Waals surface area contributed by atoms with Gasteiger partial charge >= 0.3 is 23.8 Å². The number of esters is 1. The zero-order valence-electron chi connectivity index (χ0n) is 21.2. The Labute approximate surface area is 213 Å². The summed E-state index contributed by atoms with van der Waals surface area (Å²) in [6.07, 6.45) is 4.81. The van der Waals surface area contributed by atoms with Gasteiger partial charge in [-0.1, -0.05) is 30.3 Å². The molecule has 1 saturated carbocycles. The average molecular weight is 499 g/mol. The Morgan fingerprint density at radius 3 is 2.28 bits per heavy atom. The van der Waals surface area contributed by atoms with E-state index in [0.29, 0.717) is 64.6 Å². The number of likely N-dealkylation sites (tertiary alicyclic amines) is 1. The third kappa shape index (κ3) is 6.36. The number of ether oxygens (including phenoxy) is 1. The molecule has 3 fully saturated rings. The van der Waals surface area contributed by atoms with E-state index in [1.54, 1.807) is 14.7 Å². The van der Waals surface area contributed by atoms with Gasteiger partial charge in [-0.2, -0.15) is 0 Å². The minimum atomic E-state index is -0.442. The van der Waals surface area contributed by atoms with Crippen LogP contribution in [0.5, 0.6) is 0 Å². The van der Waals surface area contributed by atoms with E-state index in [2.05, 4.69) is 5.32 Å². The number of carbonyl (C=O) groups is 4. The average Bonchev–Trinajstić information content (AvgIpc) is 2.91. The molecule has 1 aromatic rings. The first-order valence-electron chi connectivity index (χ1n) is 13.3. The highest BCUT2D eigenvalue weighted by molar-refractivity contribution is 6.35. The fraction of sp³-hybridized carbons (Fsp3) is 0.630. The van der Waals surface area contributed by atoms with Gasteiger partial charge in [0.2, 0.25) is 0 Å². The zero-order valence-corrected chi connectivity index (χ0v) is 21.2. The van der Waals surface area contributed by atoms with Gasteiger partial charge < -0.3 is 24.8 Å². The van der Waals surface area contributed by atoms with Crippen molar-refractivity contribution in [2.45, 2.75) is 58.0 Å². The Morgan fingerprint density at radius 2 is 1.61 bits per heavy atom. The molecule has 0 bridgehead atoms. The summed E-state index contributed by atoms with van der Waals surface area (Å²) in [7, 11) is 0. The highest BCUT2D eigenvalue weighted by Crippen LogP contribution is 2.29. The van der Waals surface area contributed by atoms with E-state index in [0.717, 1.165) is 31.2 Å². The van der Waals surface area contributed by atoms with Gasteiger partial charge in [-0.05, 0) is 56.9 Å². The molecule has 196 valence electrons. The number of amides is 4. The van der Waals surface area contributed by atoms with Gasteiger partial charge in [0, 0.05) is 45.3 Å². The van der Waals surface area contributed by atoms with Gasteiger partial charge in [-0.3, -0.25) is 14.4 Å². The van der Waals surface area contributed by atoms with Crippen molar-refractivity contribution in [3.8, 4) is 0 Å². The van der Waals surface area contributed by atoms with E-state index < -0.39 is 11.8 Å². The highest BCUT2D eigenvalue weighted by atomic mass is 16.5. The van der Waals surface area contributed by atoms with Crippen molar-refractivity contribution in [3.05, 3.63) is 35.9 Å². The number of benzene rings is 1. The molecule has 36 heavy (non-hydrogen) atoms. The Bertz CT molecular complexity index is 923. The second kappa shape index (κ2) is 12.2. The van der Waals surface area contributed by atoms with Crippen LogP contribution in [0.3, 0.4) is 0 Å². The lowest BCUT2D eigenvalue weighted by Crippen LogP contribution is -2.59. The predicted octanol–water partition coefficient (Wildman–Crippen LogP) is 2.40. The molecular weight excluding hydrogens is 460 g/mol. The summed E-state index contributed by atoms with van der Waals surface area (Å²) in [5.74, 6) is -0.596. The molecule has 3 aliphatic rings. The number of hydrogen-bond donors (Lipinski definition) is 1. The first kappa shape index (κ1) is 26.0. The molecule has 1 aromatic carbocycles. The molecule has 9 heteroatoms. The molecule has 0 spiro atoms. The predicted molar refractivity (Wildman–Crippen MR) is 134 cm³/mol. The van der Waals surface area contributed by atoms with Crippen LogP contribution in [0.1, 0.15) is 51.0 Å². The number of carbonyl (C=O) groups excluding carboxylic acids is 4. The number of piperidine rings is 1. The van der Waals surface area contributed by atoms with Crippen LogP contribution in [-0.4, -0.2) is 83.9 Å². The highest BCUT2D eigenvalue weighted by Gasteiger charge is 2.38. The zero-order chi connectivity index (χ0) is 25.5. The molecule has 0 radical (unpaired) electrons. The normalized spacial score (nSPS) is 23.5. The maximum Gasteiger partial charge on any atom is 0.317 e. The van der Waals surface area contributed by atoms with Crippen LogP contribution in [0.4, 0.5) is 4.79 Å². The van der Waals surface area contributed by atoms with E-state index >= 15 is 0 Å². The molecule has 2 heterocycles. The topological polar surface area (TPSA) is 99.3 Å². The van der Waals surface area contributed by atoms with Crippen LogP contribution in [0.15, 0.2) is 30.3 Å². The van der Waals surface area contributed by atoms with Gasteiger partial charge in [-0.15, -0.1) is 0 Å². The first-order valence-corrected chi connectivity index (χ1v) is 13.3. The summed E-state index contributed by atoms with van der Waals surface area (Å²) in [6, 6.07) is 9.62. The lowest BCUT2D eigenvalue weighted by atomic mass is 9.82. The van der Waals surface area contributed by atoms with Crippen molar-refractivity contribution < 1.29 is 23.9 Å². The van der Waals surface area contributed by atoms with Crippen molar-refractivity contribution in [1.29, 1.82) is 0 Å². The molecule has 1 N–H and O–H groups in total. The fourth-order valence-corrected chi connectivity index (χ4v) is 5.58. The lowest BCUT2D eigenvalue weighted by molar-refractivity contribution is -0.158. The first-order chi connectivity index (χ1) is 17.5. The lowest BCUT2D eigenvalue weighted by Gasteiger charge is -2.42. The summed E-state index contributed by atoms with van der Waals surface area (Å²) in [4.78, 5) is 55.3. The largest absolute Gasteiger partial charge is 0.466 e. The molecule has 2 aliphatic heterocycles. The van der Waals surface area contributed by atoms with E-state index in [1.807, 2.05) is 37.3 Å². The van der Waals surface area contributed by atoms with Crippen LogP contribution in [0, 0.1) is 11.8 Å². The maximum absolute atomic E-state index is 12.8. The molecule has 0 aromatic heterocycles. The molecule has 9 nitrogen and oxygen atoms in total. The Hall–Kier alpha value is -3.10. The molecule has 0 atom stereocenters. The monoisotopic (exact) mass is 498 g/mol. The number of urea groups is 1. The summed E-state index contributed by atoms with van der Waals surface area (Å²) in [5, 5.41) is 3.06. The third-order valence-corrected chi connectivity index (χ3v) is 7.76. The maximum atomic E-state index is 12.8. The second-order valence-electron chi connectivity index (χ2n) is 10.1. The van der Waals surface area contributed by atoms with Crippen LogP contribution >= 0.6 is 0 Å². The van der Waals surface area contributed by atoms with Crippen LogP contribution < -0.4 is 5.32 Å². The summed E-state index contributed by atoms with van der Waals surface area (Å²) in [5.41, 5.74) is 1.01. The van der Waals surface area contributed by atoms with Gasteiger partial charge in [0.1, 0.15) is 0 Å². The van der Waals surface area contributed by atoms with E-state index in [4.69, 9.17) is 4.74 Å². The van der Waals surface area contributed by atoms with E-state index in [1.165, 1.54) is 0 Å². The van der Waals surface area contributed by atoms with Gasteiger partial charge in [0.15, 0.2) is 0 Å². The number of piperazine rings is 1. The minimum absolute atomic E-state index is 0.00859. The Balaban J connectivity index is 1.17. The molecular formula is C27H38N4O5. The SMILES string of the molecule is CCOC(=O)C1CCC(CNC(=O)N2CCC(N3CCN(Cc4ccccc4)C(=O)C3=O)CC2)CC1. The quantitative estimate of drug-likeness (QED) is 0.460. The third-order valence-electron chi connectivity index (χ3n) is 7.76. The van der Waals surface area contributed by atoms with Crippen molar-refractivity contribution in [2.24, 2.45) is 11.8 Å². The van der Waals surface area contributed by atoms with Crippen molar-refractivity contribution in [2.75, 3.05) is 39.3 Å². The number of nitrogens with one attached hydrogen (secondary N) is 1. The number of hydrogen-bond acceptors (Lipinski definition) is 5. The number of rotatable bonds is 7. The van der Waals surface area contributed by atoms with Crippen LogP contribution in [-0.2, 0) is 25.7 Å². The molecule has 1 aliphatic carbocycles. The second-order valence-corrected chi connectivity index (χ2v) is 10.1. The molecule has 4 amide bonds. The minimum Gasteiger partial charge on any atom is -0.466 e. The van der Waals surface area contributed by atoms with Gasteiger partial charge in [-0.25, -0.2) is 4.79 Å². The molecule has 2 saturated heterocycles. The summed E-state index contributed by atoms with van der Waals surface area (Å²) in [6.45, 7) is 5.50. The van der Waals surface area contributed by atoms with Gasteiger partial charge in [0.05, 0.1) is 12.5 Å². The van der Waals surface area contributed by atoms with Crippen molar-refractivity contribution in [3.63, 3.8) is 0 Å². The van der Waals surface area contributed by atoms with E-state index in [9.17, 15) is 19.2 Å².